The highest BCUT2D eigenvalue weighted by molar-refractivity contribution is 5.90. The first-order valence-corrected chi connectivity index (χ1v) is 7.41. The van der Waals surface area contributed by atoms with E-state index in [4.69, 9.17) is 0 Å². The predicted octanol–water partition coefficient (Wildman–Crippen LogP) is 1.26. The Morgan fingerprint density at radius 3 is 1.91 bits per heavy atom. The van der Waals surface area contributed by atoms with E-state index < -0.39 is 11.5 Å². The van der Waals surface area contributed by atoms with Gasteiger partial charge in [-0.1, -0.05) is 72.5 Å². The largest absolute Gasteiger partial charge is 0.372 e. The highest BCUT2D eigenvalue weighted by Crippen LogP contribution is 2.29. The first-order valence-electron chi connectivity index (χ1n) is 7.41. The van der Waals surface area contributed by atoms with Gasteiger partial charge in [0.15, 0.2) is 5.60 Å². The van der Waals surface area contributed by atoms with Crippen LogP contribution in [0.1, 0.15) is 11.1 Å². The monoisotopic (exact) mass is 308 g/mol. The van der Waals surface area contributed by atoms with Crippen LogP contribution in [-0.2, 0) is 10.4 Å². The van der Waals surface area contributed by atoms with Crippen molar-refractivity contribution in [3.8, 4) is 11.8 Å². The zero-order valence-electron chi connectivity index (χ0n) is 13.0. The summed E-state index contributed by atoms with van der Waals surface area (Å²) in [6.07, 6.45) is 0. The van der Waals surface area contributed by atoms with Crippen LogP contribution in [0, 0.1) is 11.8 Å². The number of benzene rings is 2. The van der Waals surface area contributed by atoms with Crippen LogP contribution >= 0.6 is 0 Å². The highest BCUT2D eigenvalue weighted by Gasteiger charge is 2.39. The molecule has 118 valence electrons. The van der Waals surface area contributed by atoms with Gasteiger partial charge in [0.05, 0.1) is 13.1 Å². The van der Waals surface area contributed by atoms with E-state index in [0.717, 1.165) is 0 Å². The molecule has 2 aromatic carbocycles. The molecule has 0 spiro atoms. The number of carbonyl (C=O) groups excluding carboxylic acids is 1. The lowest BCUT2D eigenvalue weighted by Crippen LogP contribution is -2.45. The minimum atomic E-state index is -1.74. The van der Waals surface area contributed by atoms with Crippen LogP contribution in [0.4, 0.5) is 0 Å². The Kier molecular flexibility index (Phi) is 5.93. The van der Waals surface area contributed by atoms with Crippen molar-refractivity contribution in [1.82, 2.24) is 10.6 Å². The van der Waals surface area contributed by atoms with E-state index in [0.29, 0.717) is 17.7 Å². The molecule has 0 aliphatic carbocycles. The van der Waals surface area contributed by atoms with E-state index in [9.17, 15) is 9.90 Å². The molecule has 0 radical (unpaired) electrons. The standard InChI is InChI=1S/C19H20N2O2/c1-20-14-8-9-15-21-18(22)19(23,16-10-4-2-5-11-16)17-12-6-3-7-13-17/h2-7,10-13,20,23H,14-15H2,1H3,(H,21,22). The molecule has 1 amide bonds. The fourth-order valence-corrected chi connectivity index (χ4v) is 2.25. The van der Waals surface area contributed by atoms with Crippen molar-refractivity contribution in [1.29, 1.82) is 0 Å². The molecule has 0 heterocycles. The summed E-state index contributed by atoms with van der Waals surface area (Å²) in [5.74, 6) is 5.21. The molecule has 0 atom stereocenters. The van der Waals surface area contributed by atoms with Gasteiger partial charge in [0.25, 0.3) is 5.91 Å². The van der Waals surface area contributed by atoms with Crippen LogP contribution in [-0.4, -0.2) is 31.2 Å². The molecule has 0 saturated carbocycles. The third-order valence-corrected chi connectivity index (χ3v) is 3.44. The second-order valence-electron chi connectivity index (χ2n) is 5.01. The van der Waals surface area contributed by atoms with E-state index >= 15 is 0 Å². The average Bonchev–Trinajstić information content (AvgIpc) is 2.62. The lowest BCUT2D eigenvalue weighted by atomic mass is 9.85. The second kappa shape index (κ2) is 8.14. The van der Waals surface area contributed by atoms with Crippen molar-refractivity contribution < 1.29 is 9.90 Å². The number of carbonyl (C=O) groups is 1. The number of nitrogens with one attached hydrogen (secondary N) is 2. The van der Waals surface area contributed by atoms with Gasteiger partial charge in [-0.25, -0.2) is 0 Å². The van der Waals surface area contributed by atoms with Crippen LogP contribution in [0.2, 0.25) is 0 Å². The second-order valence-corrected chi connectivity index (χ2v) is 5.01. The molecule has 0 fully saturated rings. The SMILES string of the molecule is CNCC#CCNC(=O)C(O)(c1ccccc1)c1ccccc1. The molecular weight excluding hydrogens is 288 g/mol. The van der Waals surface area contributed by atoms with Crippen molar-refractivity contribution >= 4 is 5.91 Å². The van der Waals surface area contributed by atoms with Gasteiger partial charge in [0.1, 0.15) is 0 Å². The van der Waals surface area contributed by atoms with Crippen LogP contribution < -0.4 is 10.6 Å². The van der Waals surface area contributed by atoms with Gasteiger partial charge in [-0.05, 0) is 18.2 Å². The van der Waals surface area contributed by atoms with Gasteiger partial charge in [0.2, 0.25) is 0 Å². The number of hydrogen-bond donors (Lipinski definition) is 3. The normalized spacial score (nSPS) is 10.5. The first kappa shape index (κ1) is 16.8. The van der Waals surface area contributed by atoms with Crippen molar-refractivity contribution in [3.63, 3.8) is 0 Å². The lowest BCUT2D eigenvalue weighted by molar-refractivity contribution is -0.136. The topological polar surface area (TPSA) is 61.4 Å². The Balaban J connectivity index is 2.28. The molecule has 0 aliphatic rings. The Morgan fingerprint density at radius 2 is 1.43 bits per heavy atom. The third-order valence-electron chi connectivity index (χ3n) is 3.44. The molecule has 0 bridgehead atoms. The van der Waals surface area contributed by atoms with Gasteiger partial charge >= 0.3 is 0 Å². The maximum absolute atomic E-state index is 12.7. The molecule has 0 aliphatic heterocycles. The summed E-state index contributed by atoms with van der Waals surface area (Å²) < 4.78 is 0. The van der Waals surface area contributed by atoms with Crippen molar-refractivity contribution in [2.24, 2.45) is 0 Å². The molecule has 2 aromatic rings. The summed E-state index contributed by atoms with van der Waals surface area (Å²) in [6, 6.07) is 17.8. The summed E-state index contributed by atoms with van der Waals surface area (Å²) in [5.41, 5.74) is -0.702. The molecule has 0 saturated heterocycles. The number of aliphatic hydroxyl groups is 1. The van der Waals surface area contributed by atoms with E-state index in [1.165, 1.54) is 0 Å². The molecule has 0 aromatic heterocycles. The van der Waals surface area contributed by atoms with Crippen LogP contribution in [0.5, 0.6) is 0 Å². The summed E-state index contributed by atoms with van der Waals surface area (Å²) in [4.78, 5) is 12.7. The molecular formula is C19H20N2O2. The highest BCUT2D eigenvalue weighted by atomic mass is 16.3. The quantitative estimate of drug-likeness (QED) is 0.729. The fraction of sp³-hybridized carbons (Fsp3) is 0.211. The molecule has 3 N–H and O–H groups in total. The maximum Gasteiger partial charge on any atom is 0.262 e. The summed E-state index contributed by atoms with van der Waals surface area (Å²) >= 11 is 0. The fourth-order valence-electron chi connectivity index (χ4n) is 2.25. The molecule has 4 heteroatoms. The van der Waals surface area contributed by atoms with Gasteiger partial charge in [0, 0.05) is 0 Å². The Labute approximate surface area is 136 Å². The molecule has 0 unspecified atom stereocenters. The minimum absolute atomic E-state index is 0.183. The smallest absolute Gasteiger partial charge is 0.262 e. The maximum atomic E-state index is 12.7. The lowest BCUT2D eigenvalue weighted by Gasteiger charge is -2.27. The number of amides is 1. The van der Waals surface area contributed by atoms with Crippen molar-refractivity contribution in [2.45, 2.75) is 5.60 Å². The summed E-state index contributed by atoms with van der Waals surface area (Å²) in [7, 11) is 1.80. The van der Waals surface area contributed by atoms with Gasteiger partial charge in [-0.2, -0.15) is 0 Å². The van der Waals surface area contributed by atoms with Crippen LogP contribution in [0.3, 0.4) is 0 Å². The van der Waals surface area contributed by atoms with E-state index in [1.807, 2.05) is 12.1 Å². The van der Waals surface area contributed by atoms with Crippen LogP contribution in [0.25, 0.3) is 0 Å². The zero-order valence-corrected chi connectivity index (χ0v) is 13.0. The average molecular weight is 308 g/mol. The van der Waals surface area contributed by atoms with Gasteiger partial charge in [-0.15, -0.1) is 0 Å². The predicted molar refractivity (Wildman–Crippen MR) is 90.6 cm³/mol. The Morgan fingerprint density at radius 1 is 0.957 bits per heavy atom. The Bertz CT molecular complexity index is 648. The molecule has 4 nitrogen and oxygen atoms in total. The van der Waals surface area contributed by atoms with Gasteiger partial charge < -0.3 is 15.7 Å². The van der Waals surface area contributed by atoms with Gasteiger partial charge in [-0.3, -0.25) is 4.79 Å². The minimum Gasteiger partial charge on any atom is -0.372 e. The Hall–Kier alpha value is -2.61. The van der Waals surface area contributed by atoms with E-state index in [-0.39, 0.29) is 6.54 Å². The third kappa shape index (κ3) is 3.98. The molecule has 23 heavy (non-hydrogen) atoms. The summed E-state index contributed by atoms with van der Waals surface area (Å²) in [5, 5.41) is 16.7. The summed E-state index contributed by atoms with van der Waals surface area (Å²) in [6.45, 7) is 0.736. The number of rotatable bonds is 5. The molecule has 2 rings (SSSR count). The van der Waals surface area contributed by atoms with Crippen molar-refractivity contribution in [2.75, 3.05) is 20.1 Å². The van der Waals surface area contributed by atoms with E-state index in [2.05, 4.69) is 22.5 Å². The zero-order chi connectivity index (χ0) is 16.5. The van der Waals surface area contributed by atoms with E-state index in [1.54, 1.807) is 55.6 Å². The van der Waals surface area contributed by atoms with Crippen molar-refractivity contribution in [3.05, 3.63) is 71.8 Å². The van der Waals surface area contributed by atoms with Crippen LogP contribution in [0.15, 0.2) is 60.7 Å². The first-order chi connectivity index (χ1) is 11.2. The number of hydrogen-bond acceptors (Lipinski definition) is 3.